The fraction of sp³-hybridized carbons (Fsp3) is 0.368. The van der Waals surface area contributed by atoms with Crippen LogP contribution in [0.1, 0.15) is 23.2 Å². The smallest absolute Gasteiger partial charge is 0.312 e. The van der Waals surface area contributed by atoms with Crippen LogP contribution in [0.4, 0.5) is 0 Å². The lowest BCUT2D eigenvalue weighted by molar-refractivity contribution is -0.146. The van der Waals surface area contributed by atoms with Crippen LogP contribution in [0.15, 0.2) is 30.5 Å². The first kappa shape index (κ1) is 17.7. The molecule has 1 aromatic heterocycles. The van der Waals surface area contributed by atoms with Gasteiger partial charge in [-0.2, -0.15) is 0 Å². The number of halogens is 1. The molecule has 1 N–H and O–H groups in total. The van der Waals surface area contributed by atoms with E-state index in [1.54, 1.807) is 29.3 Å². The molecule has 1 saturated carbocycles. The summed E-state index contributed by atoms with van der Waals surface area (Å²) in [5, 5.41) is 3.98. The summed E-state index contributed by atoms with van der Waals surface area (Å²) >= 11 is 6.16. The van der Waals surface area contributed by atoms with Crippen molar-refractivity contribution in [1.82, 2.24) is 20.1 Å². The Kier molecular flexibility index (Phi) is 4.70. The maximum Gasteiger partial charge on any atom is 0.312 e. The molecule has 1 saturated heterocycles. The molecular weight excluding hydrogens is 368 g/mol. The minimum atomic E-state index is -0.553. The third-order valence-electron chi connectivity index (χ3n) is 4.86. The normalized spacial score (nSPS) is 17.1. The third-order valence-corrected chi connectivity index (χ3v) is 5.08. The van der Waals surface area contributed by atoms with E-state index < -0.39 is 11.8 Å². The van der Waals surface area contributed by atoms with Crippen molar-refractivity contribution >= 4 is 40.2 Å². The van der Waals surface area contributed by atoms with Crippen molar-refractivity contribution in [3.05, 3.63) is 41.0 Å². The predicted octanol–water partition coefficient (Wildman–Crippen LogP) is 1.45. The quantitative estimate of drug-likeness (QED) is 0.792. The molecule has 7 nitrogen and oxygen atoms in total. The van der Waals surface area contributed by atoms with Crippen LogP contribution >= 0.6 is 11.6 Å². The van der Waals surface area contributed by atoms with E-state index in [0.29, 0.717) is 42.3 Å². The maximum atomic E-state index is 13.0. The predicted molar refractivity (Wildman–Crippen MR) is 100 cm³/mol. The van der Waals surface area contributed by atoms with Gasteiger partial charge in [0.05, 0.1) is 11.1 Å². The number of fused-ring (bicyclic) bond motifs is 1. The van der Waals surface area contributed by atoms with E-state index in [1.807, 2.05) is 6.07 Å². The molecule has 2 fully saturated rings. The molecule has 2 aliphatic rings. The second kappa shape index (κ2) is 7.15. The van der Waals surface area contributed by atoms with E-state index in [4.69, 9.17) is 11.6 Å². The Labute approximate surface area is 161 Å². The zero-order valence-electron chi connectivity index (χ0n) is 14.7. The Balaban J connectivity index is 1.44. The van der Waals surface area contributed by atoms with Gasteiger partial charge in [-0.15, -0.1) is 0 Å². The van der Waals surface area contributed by atoms with Crippen LogP contribution in [0.25, 0.3) is 10.9 Å². The van der Waals surface area contributed by atoms with Gasteiger partial charge in [0.1, 0.15) is 0 Å². The number of rotatable bonds is 2. The number of amides is 3. The molecule has 0 radical (unpaired) electrons. The number of carbonyl (C=O) groups excluding carboxylic acids is 3. The van der Waals surface area contributed by atoms with Crippen LogP contribution in [-0.2, 0) is 9.59 Å². The van der Waals surface area contributed by atoms with Gasteiger partial charge in [-0.25, -0.2) is 0 Å². The number of aromatic nitrogens is 1. The van der Waals surface area contributed by atoms with Crippen molar-refractivity contribution < 1.29 is 14.4 Å². The molecule has 1 aliphatic heterocycles. The van der Waals surface area contributed by atoms with Crippen LogP contribution in [0.5, 0.6) is 0 Å². The van der Waals surface area contributed by atoms with Gasteiger partial charge < -0.3 is 15.1 Å². The standard InChI is InChI=1S/C19H19ClN4O3/c20-13-10-12-2-1-5-21-16(12)15(11-13)18(26)23-6-8-24(9-7-23)19(27)17(25)22-14-3-4-14/h1-2,5,10-11,14H,3-4,6-9H2,(H,22,25). The summed E-state index contributed by atoms with van der Waals surface area (Å²) in [6.07, 6.45) is 3.51. The number of hydrogen-bond acceptors (Lipinski definition) is 4. The molecule has 140 valence electrons. The summed E-state index contributed by atoms with van der Waals surface area (Å²) in [5.74, 6) is -1.25. The lowest BCUT2D eigenvalue weighted by atomic mass is 10.1. The number of carbonyl (C=O) groups is 3. The Morgan fingerprint density at radius 2 is 1.78 bits per heavy atom. The Morgan fingerprint density at radius 3 is 2.48 bits per heavy atom. The topological polar surface area (TPSA) is 82.6 Å². The summed E-state index contributed by atoms with van der Waals surface area (Å²) in [7, 11) is 0. The Hall–Kier alpha value is -2.67. The molecule has 0 bridgehead atoms. The Bertz CT molecular complexity index is 920. The first-order valence-corrected chi connectivity index (χ1v) is 9.34. The van der Waals surface area contributed by atoms with E-state index in [9.17, 15) is 14.4 Å². The van der Waals surface area contributed by atoms with Gasteiger partial charge in [-0.1, -0.05) is 17.7 Å². The van der Waals surface area contributed by atoms with E-state index in [0.717, 1.165) is 18.2 Å². The average molecular weight is 387 g/mol. The molecule has 2 heterocycles. The highest BCUT2D eigenvalue weighted by Gasteiger charge is 2.32. The molecule has 3 amide bonds. The first-order chi connectivity index (χ1) is 13.0. The number of nitrogens with zero attached hydrogens (tertiary/aromatic N) is 3. The molecule has 1 aromatic carbocycles. The molecule has 8 heteroatoms. The summed E-state index contributed by atoms with van der Waals surface area (Å²) in [5.41, 5.74) is 1.05. The van der Waals surface area contributed by atoms with Crippen LogP contribution in [-0.4, -0.2) is 64.7 Å². The van der Waals surface area contributed by atoms with Gasteiger partial charge in [0.2, 0.25) is 0 Å². The van der Waals surface area contributed by atoms with E-state index in [-0.39, 0.29) is 11.9 Å². The van der Waals surface area contributed by atoms with Crippen LogP contribution in [0, 0.1) is 0 Å². The number of nitrogens with one attached hydrogen (secondary N) is 1. The molecule has 0 atom stereocenters. The average Bonchev–Trinajstić information content (AvgIpc) is 3.50. The molecule has 0 spiro atoms. The minimum Gasteiger partial charge on any atom is -0.345 e. The second-order valence-corrected chi connectivity index (χ2v) is 7.30. The molecule has 27 heavy (non-hydrogen) atoms. The monoisotopic (exact) mass is 386 g/mol. The highest BCUT2D eigenvalue weighted by Crippen LogP contribution is 2.24. The van der Waals surface area contributed by atoms with E-state index in [1.165, 1.54) is 4.90 Å². The maximum absolute atomic E-state index is 13.0. The SMILES string of the molecule is O=C(NC1CC1)C(=O)N1CCN(C(=O)c2cc(Cl)cc3cccnc23)CC1. The molecular formula is C19H19ClN4O3. The highest BCUT2D eigenvalue weighted by atomic mass is 35.5. The van der Waals surface area contributed by atoms with Gasteiger partial charge >= 0.3 is 11.8 Å². The van der Waals surface area contributed by atoms with Gasteiger partial charge in [0.15, 0.2) is 0 Å². The molecule has 0 unspecified atom stereocenters. The van der Waals surface area contributed by atoms with Crippen molar-refractivity contribution in [3.63, 3.8) is 0 Å². The number of pyridine rings is 1. The Morgan fingerprint density at radius 1 is 1.07 bits per heavy atom. The fourth-order valence-electron chi connectivity index (χ4n) is 3.22. The summed E-state index contributed by atoms with van der Waals surface area (Å²) in [6.45, 7) is 1.38. The fourth-order valence-corrected chi connectivity index (χ4v) is 3.45. The molecule has 1 aliphatic carbocycles. The van der Waals surface area contributed by atoms with Crippen LogP contribution in [0.3, 0.4) is 0 Å². The van der Waals surface area contributed by atoms with Crippen molar-refractivity contribution in [2.75, 3.05) is 26.2 Å². The number of benzene rings is 1. The largest absolute Gasteiger partial charge is 0.345 e. The van der Waals surface area contributed by atoms with E-state index in [2.05, 4.69) is 10.3 Å². The number of hydrogen-bond donors (Lipinski definition) is 1. The van der Waals surface area contributed by atoms with Crippen molar-refractivity contribution in [2.45, 2.75) is 18.9 Å². The zero-order chi connectivity index (χ0) is 19.0. The second-order valence-electron chi connectivity index (χ2n) is 6.86. The molecule has 2 aromatic rings. The number of piperazine rings is 1. The zero-order valence-corrected chi connectivity index (χ0v) is 15.4. The highest BCUT2D eigenvalue weighted by molar-refractivity contribution is 6.35. The third kappa shape index (κ3) is 3.73. The van der Waals surface area contributed by atoms with Crippen LogP contribution in [0.2, 0.25) is 5.02 Å². The minimum absolute atomic E-state index is 0.146. The lowest BCUT2D eigenvalue weighted by Crippen LogP contribution is -2.54. The van der Waals surface area contributed by atoms with Gasteiger partial charge in [-0.3, -0.25) is 19.4 Å². The van der Waals surface area contributed by atoms with Gasteiger partial charge in [0, 0.05) is 48.8 Å². The lowest BCUT2D eigenvalue weighted by Gasteiger charge is -2.34. The van der Waals surface area contributed by atoms with Crippen molar-refractivity contribution in [2.24, 2.45) is 0 Å². The van der Waals surface area contributed by atoms with Crippen molar-refractivity contribution in [1.29, 1.82) is 0 Å². The summed E-state index contributed by atoms with van der Waals surface area (Å²) < 4.78 is 0. The first-order valence-electron chi connectivity index (χ1n) is 8.96. The summed E-state index contributed by atoms with van der Waals surface area (Å²) in [6, 6.07) is 7.20. The van der Waals surface area contributed by atoms with Gasteiger partial charge in [-0.05, 0) is 31.0 Å². The molecule has 4 rings (SSSR count). The van der Waals surface area contributed by atoms with Crippen LogP contribution < -0.4 is 5.32 Å². The van der Waals surface area contributed by atoms with Crippen molar-refractivity contribution in [3.8, 4) is 0 Å². The summed E-state index contributed by atoms with van der Waals surface area (Å²) in [4.78, 5) is 44.6. The van der Waals surface area contributed by atoms with Gasteiger partial charge in [0.25, 0.3) is 5.91 Å². The van der Waals surface area contributed by atoms with E-state index >= 15 is 0 Å².